The van der Waals surface area contributed by atoms with Gasteiger partial charge in [-0.1, -0.05) is 48.5 Å². The van der Waals surface area contributed by atoms with E-state index in [4.69, 9.17) is 0 Å². The van der Waals surface area contributed by atoms with Crippen molar-refractivity contribution in [3.05, 3.63) is 66.0 Å². The third-order valence-electron chi connectivity index (χ3n) is 5.03. The molecule has 6 nitrogen and oxygen atoms in total. The summed E-state index contributed by atoms with van der Waals surface area (Å²) in [5, 5.41) is 5.33. The Labute approximate surface area is 190 Å². The zero-order valence-corrected chi connectivity index (χ0v) is 18.7. The molecule has 2 aromatic carbocycles. The first kappa shape index (κ1) is 21.4. The van der Waals surface area contributed by atoms with E-state index in [1.807, 2.05) is 58.8 Å². The number of nitrogens with one attached hydrogen (secondary N) is 1. The lowest BCUT2D eigenvalue weighted by molar-refractivity contribution is -0.128. The van der Waals surface area contributed by atoms with Crippen LogP contribution in [0, 0.1) is 0 Å². The molecule has 1 fully saturated rings. The molecular weight excluding hydrogens is 428 g/mol. The highest BCUT2D eigenvalue weighted by Gasteiger charge is 2.21. The van der Waals surface area contributed by atoms with Gasteiger partial charge in [0.15, 0.2) is 5.13 Å². The molecular formula is C23H24N4O2S2. The van der Waals surface area contributed by atoms with Crippen LogP contribution in [0.3, 0.4) is 0 Å². The summed E-state index contributed by atoms with van der Waals surface area (Å²) in [5.41, 5.74) is 3.06. The second kappa shape index (κ2) is 10.5. The zero-order valence-electron chi connectivity index (χ0n) is 17.1. The number of aromatic nitrogens is 1. The van der Waals surface area contributed by atoms with Gasteiger partial charge in [-0.05, 0) is 12.1 Å². The minimum atomic E-state index is -0.138. The Bertz CT molecular complexity index is 1000. The van der Waals surface area contributed by atoms with Crippen molar-refractivity contribution in [2.75, 3.05) is 47.9 Å². The molecule has 0 saturated carbocycles. The largest absolute Gasteiger partial charge is 0.368 e. The summed E-state index contributed by atoms with van der Waals surface area (Å²) in [6.07, 6.45) is 0. The summed E-state index contributed by atoms with van der Waals surface area (Å²) in [7, 11) is 0. The molecule has 8 heteroatoms. The van der Waals surface area contributed by atoms with Gasteiger partial charge in [0, 0.05) is 42.8 Å². The smallest absolute Gasteiger partial charge is 0.236 e. The van der Waals surface area contributed by atoms with Crippen molar-refractivity contribution in [3.8, 4) is 11.3 Å². The van der Waals surface area contributed by atoms with Gasteiger partial charge in [-0.2, -0.15) is 0 Å². The van der Waals surface area contributed by atoms with E-state index in [0.29, 0.717) is 24.0 Å². The summed E-state index contributed by atoms with van der Waals surface area (Å²) in [6, 6.07) is 20.1. The topological polar surface area (TPSA) is 65.5 Å². The second-order valence-electron chi connectivity index (χ2n) is 7.15. The van der Waals surface area contributed by atoms with Gasteiger partial charge >= 0.3 is 0 Å². The van der Waals surface area contributed by atoms with Crippen LogP contribution in [0.25, 0.3) is 11.3 Å². The third-order valence-corrected chi connectivity index (χ3v) is 6.71. The number of benzene rings is 2. The lowest BCUT2D eigenvalue weighted by atomic mass is 10.2. The molecule has 0 bridgehead atoms. The van der Waals surface area contributed by atoms with Gasteiger partial charge in [0.1, 0.15) is 0 Å². The number of piperazine rings is 1. The molecule has 31 heavy (non-hydrogen) atoms. The third kappa shape index (κ3) is 5.86. The van der Waals surface area contributed by atoms with E-state index in [9.17, 15) is 9.59 Å². The molecule has 3 aromatic rings. The van der Waals surface area contributed by atoms with Crippen molar-refractivity contribution in [1.82, 2.24) is 9.88 Å². The van der Waals surface area contributed by atoms with Crippen molar-refractivity contribution in [2.24, 2.45) is 0 Å². The Morgan fingerprint density at radius 1 is 0.935 bits per heavy atom. The molecule has 1 saturated heterocycles. The number of hydrogen-bond acceptors (Lipinski definition) is 6. The standard InChI is InChI=1S/C23H24N4O2S2/c28-21(25-23-24-20(15-31-23)18-7-3-1-4-8-18)16-30-17-22(29)27-13-11-26(12-14-27)19-9-5-2-6-10-19/h1-10,15H,11-14,16-17H2,(H,24,25,28). The SMILES string of the molecule is O=C(CSCC(=O)N1CCN(c2ccccc2)CC1)Nc1nc(-c2ccccc2)cs1. The molecule has 0 radical (unpaired) electrons. The molecule has 0 atom stereocenters. The van der Waals surface area contributed by atoms with Crippen LogP contribution in [-0.4, -0.2) is 59.4 Å². The predicted octanol–water partition coefficient (Wildman–Crippen LogP) is 3.83. The second-order valence-corrected chi connectivity index (χ2v) is 8.99. The number of nitrogens with zero attached hydrogens (tertiary/aromatic N) is 3. The molecule has 160 valence electrons. The molecule has 1 aliphatic heterocycles. The Morgan fingerprint density at radius 2 is 1.61 bits per heavy atom. The van der Waals surface area contributed by atoms with E-state index in [1.54, 1.807) is 0 Å². The van der Waals surface area contributed by atoms with Crippen molar-refractivity contribution >= 4 is 45.7 Å². The first-order chi connectivity index (χ1) is 15.2. The lowest BCUT2D eigenvalue weighted by Crippen LogP contribution is -2.49. The van der Waals surface area contributed by atoms with Crippen LogP contribution in [0.2, 0.25) is 0 Å². The van der Waals surface area contributed by atoms with E-state index in [2.05, 4.69) is 27.3 Å². The van der Waals surface area contributed by atoms with Gasteiger partial charge in [0.05, 0.1) is 17.2 Å². The van der Waals surface area contributed by atoms with Crippen molar-refractivity contribution in [2.45, 2.75) is 0 Å². The molecule has 1 N–H and O–H groups in total. The number of para-hydroxylation sites is 1. The minimum absolute atomic E-state index is 0.0890. The molecule has 2 amide bonds. The Hall–Kier alpha value is -2.84. The van der Waals surface area contributed by atoms with Crippen LogP contribution in [0.5, 0.6) is 0 Å². The van der Waals surface area contributed by atoms with Crippen LogP contribution in [0.15, 0.2) is 66.0 Å². The fourth-order valence-electron chi connectivity index (χ4n) is 3.40. The molecule has 0 spiro atoms. The fourth-order valence-corrected chi connectivity index (χ4v) is 4.86. The van der Waals surface area contributed by atoms with Crippen LogP contribution in [0.1, 0.15) is 0 Å². The highest BCUT2D eigenvalue weighted by atomic mass is 32.2. The average Bonchev–Trinajstić information content (AvgIpc) is 3.28. The van der Waals surface area contributed by atoms with Gasteiger partial charge < -0.3 is 15.1 Å². The van der Waals surface area contributed by atoms with Crippen molar-refractivity contribution < 1.29 is 9.59 Å². The summed E-state index contributed by atoms with van der Waals surface area (Å²) in [4.78, 5) is 33.4. The highest BCUT2D eigenvalue weighted by Crippen LogP contribution is 2.24. The Kier molecular flexibility index (Phi) is 7.22. The van der Waals surface area contributed by atoms with Gasteiger partial charge in [-0.15, -0.1) is 23.1 Å². The van der Waals surface area contributed by atoms with Crippen LogP contribution < -0.4 is 10.2 Å². The summed E-state index contributed by atoms with van der Waals surface area (Å²) in [6.45, 7) is 3.08. The molecule has 1 aliphatic rings. The van der Waals surface area contributed by atoms with Crippen LogP contribution in [-0.2, 0) is 9.59 Å². The van der Waals surface area contributed by atoms with E-state index in [0.717, 1.165) is 24.3 Å². The van der Waals surface area contributed by atoms with E-state index < -0.39 is 0 Å². The maximum Gasteiger partial charge on any atom is 0.236 e. The highest BCUT2D eigenvalue weighted by molar-refractivity contribution is 8.00. The van der Waals surface area contributed by atoms with Gasteiger partial charge in [0.2, 0.25) is 11.8 Å². The van der Waals surface area contributed by atoms with Gasteiger partial charge in [0.25, 0.3) is 0 Å². The minimum Gasteiger partial charge on any atom is -0.368 e. The number of hydrogen-bond donors (Lipinski definition) is 1. The number of anilines is 2. The Morgan fingerprint density at radius 3 is 2.32 bits per heavy atom. The van der Waals surface area contributed by atoms with Crippen LogP contribution >= 0.6 is 23.1 Å². The quantitative estimate of drug-likeness (QED) is 0.590. The Balaban J connectivity index is 1.17. The molecule has 1 aromatic heterocycles. The average molecular weight is 453 g/mol. The zero-order chi connectivity index (χ0) is 21.5. The number of carbonyl (C=O) groups is 2. The predicted molar refractivity (Wildman–Crippen MR) is 129 cm³/mol. The number of amides is 2. The molecule has 0 unspecified atom stereocenters. The number of carbonyl (C=O) groups excluding carboxylic acids is 2. The normalized spacial score (nSPS) is 13.8. The summed E-state index contributed by atoms with van der Waals surface area (Å²) in [5.74, 6) is 0.494. The maximum absolute atomic E-state index is 12.5. The van der Waals surface area contributed by atoms with Crippen molar-refractivity contribution in [1.29, 1.82) is 0 Å². The fraction of sp³-hybridized carbons (Fsp3) is 0.261. The number of thiazole rings is 1. The van der Waals surface area contributed by atoms with E-state index in [-0.39, 0.29) is 17.6 Å². The van der Waals surface area contributed by atoms with E-state index >= 15 is 0 Å². The molecule has 4 rings (SSSR count). The van der Waals surface area contributed by atoms with Gasteiger partial charge in [-0.25, -0.2) is 4.98 Å². The monoisotopic (exact) mass is 452 g/mol. The van der Waals surface area contributed by atoms with Gasteiger partial charge in [-0.3, -0.25) is 9.59 Å². The molecule has 0 aliphatic carbocycles. The summed E-state index contributed by atoms with van der Waals surface area (Å²) < 4.78 is 0. The summed E-state index contributed by atoms with van der Waals surface area (Å²) >= 11 is 2.74. The number of rotatable bonds is 7. The van der Waals surface area contributed by atoms with Crippen molar-refractivity contribution in [3.63, 3.8) is 0 Å². The molecule has 2 heterocycles. The van der Waals surface area contributed by atoms with E-state index in [1.165, 1.54) is 28.8 Å². The first-order valence-corrected chi connectivity index (χ1v) is 12.2. The first-order valence-electron chi connectivity index (χ1n) is 10.2. The van der Waals surface area contributed by atoms with Crippen LogP contribution in [0.4, 0.5) is 10.8 Å². The lowest BCUT2D eigenvalue weighted by Gasteiger charge is -2.36. The maximum atomic E-state index is 12.5. The number of thioether (sulfide) groups is 1.